The summed E-state index contributed by atoms with van der Waals surface area (Å²) >= 11 is 1.60. The van der Waals surface area contributed by atoms with E-state index in [1.165, 1.54) is 0 Å². The number of hydrazone groups is 1. The highest BCUT2D eigenvalue weighted by atomic mass is 32.1. The average molecular weight is 287 g/mol. The molecule has 2 rings (SSSR count). The van der Waals surface area contributed by atoms with E-state index >= 15 is 0 Å². The lowest BCUT2D eigenvalue weighted by Gasteiger charge is -2.07. The third-order valence-electron chi connectivity index (χ3n) is 2.86. The van der Waals surface area contributed by atoms with Crippen LogP contribution in [0.4, 0.5) is 5.69 Å². The summed E-state index contributed by atoms with van der Waals surface area (Å²) in [7, 11) is 0. The SMILES string of the molecule is Cc1ccccc1NCC(=O)NN=Cc1sccc1C. The highest BCUT2D eigenvalue weighted by Gasteiger charge is 2.01. The fourth-order valence-electron chi connectivity index (χ4n) is 1.67. The summed E-state index contributed by atoms with van der Waals surface area (Å²) in [4.78, 5) is 12.7. The van der Waals surface area contributed by atoms with Crippen molar-refractivity contribution in [3.05, 3.63) is 51.7 Å². The minimum atomic E-state index is -0.168. The van der Waals surface area contributed by atoms with Gasteiger partial charge in [-0.15, -0.1) is 11.3 Å². The van der Waals surface area contributed by atoms with Crippen LogP contribution in [0, 0.1) is 13.8 Å². The molecule has 0 aliphatic rings. The summed E-state index contributed by atoms with van der Waals surface area (Å²) < 4.78 is 0. The second kappa shape index (κ2) is 6.86. The lowest BCUT2D eigenvalue weighted by Crippen LogP contribution is -2.26. The Morgan fingerprint density at radius 3 is 2.75 bits per heavy atom. The molecule has 0 saturated heterocycles. The van der Waals surface area contributed by atoms with Crippen molar-refractivity contribution in [2.45, 2.75) is 13.8 Å². The van der Waals surface area contributed by atoms with E-state index in [0.717, 1.165) is 21.7 Å². The number of aryl methyl sites for hydroxylation is 2. The Morgan fingerprint density at radius 2 is 2.05 bits per heavy atom. The number of nitrogens with zero attached hydrogens (tertiary/aromatic N) is 1. The number of hydrogen-bond acceptors (Lipinski definition) is 4. The summed E-state index contributed by atoms with van der Waals surface area (Å²) in [6, 6.07) is 9.87. The average Bonchev–Trinajstić information content (AvgIpc) is 2.84. The van der Waals surface area contributed by atoms with Crippen molar-refractivity contribution in [1.29, 1.82) is 0 Å². The Bertz CT molecular complexity index is 619. The molecule has 20 heavy (non-hydrogen) atoms. The van der Waals surface area contributed by atoms with E-state index in [-0.39, 0.29) is 12.5 Å². The lowest BCUT2D eigenvalue weighted by molar-refractivity contribution is -0.119. The summed E-state index contributed by atoms with van der Waals surface area (Å²) in [6.07, 6.45) is 1.67. The zero-order valence-electron chi connectivity index (χ0n) is 11.5. The topological polar surface area (TPSA) is 53.5 Å². The van der Waals surface area contributed by atoms with Gasteiger partial charge in [0.1, 0.15) is 0 Å². The molecule has 0 atom stereocenters. The molecule has 1 aromatic carbocycles. The van der Waals surface area contributed by atoms with Crippen molar-refractivity contribution in [3.8, 4) is 0 Å². The molecule has 0 fully saturated rings. The molecule has 5 heteroatoms. The number of benzene rings is 1. The van der Waals surface area contributed by atoms with Crippen molar-refractivity contribution in [1.82, 2.24) is 5.43 Å². The predicted octanol–water partition coefficient (Wildman–Crippen LogP) is 2.93. The van der Waals surface area contributed by atoms with E-state index in [0.29, 0.717) is 0 Å². The largest absolute Gasteiger partial charge is 0.376 e. The van der Waals surface area contributed by atoms with Gasteiger partial charge >= 0.3 is 0 Å². The number of hydrogen-bond donors (Lipinski definition) is 2. The van der Waals surface area contributed by atoms with E-state index in [9.17, 15) is 4.79 Å². The van der Waals surface area contributed by atoms with Gasteiger partial charge in [0.05, 0.1) is 12.8 Å². The first-order chi connectivity index (χ1) is 9.66. The van der Waals surface area contributed by atoms with Crippen molar-refractivity contribution in [2.75, 3.05) is 11.9 Å². The first-order valence-corrected chi connectivity index (χ1v) is 7.20. The van der Waals surface area contributed by atoms with Gasteiger partial charge in [-0.2, -0.15) is 5.10 Å². The zero-order chi connectivity index (χ0) is 14.4. The lowest BCUT2D eigenvalue weighted by atomic mass is 10.2. The number of carbonyl (C=O) groups excluding carboxylic acids is 1. The van der Waals surface area contributed by atoms with Gasteiger partial charge < -0.3 is 5.32 Å². The Kier molecular flexibility index (Phi) is 4.90. The van der Waals surface area contributed by atoms with Gasteiger partial charge in [-0.25, -0.2) is 5.43 Å². The molecular formula is C15H17N3OS. The van der Waals surface area contributed by atoms with Crippen LogP contribution in [0.2, 0.25) is 0 Å². The third kappa shape index (κ3) is 3.93. The molecule has 0 unspecified atom stereocenters. The molecule has 2 N–H and O–H groups in total. The van der Waals surface area contributed by atoms with Gasteiger partial charge in [0.15, 0.2) is 0 Å². The van der Waals surface area contributed by atoms with E-state index in [1.54, 1.807) is 17.6 Å². The minimum Gasteiger partial charge on any atom is -0.376 e. The molecule has 0 aliphatic heterocycles. The van der Waals surface area contributed by atoms with Crippen LogP contribution in [0.5, 0.6) is 0 Å². The standard InChI is InChI=1S/C15H17N3OS/c1-11-5-3-4-6-13(11)16-10-15(19)18-17-9-14-12(2)7-8-20-14/h3-9,16H,10H2,1-2H3,(H,18,19). The van der Waals surface area contributed by atoms with E-state index in [1.807, 2.05) is 49.6 Å². The van der Waals surface area contributed by atoms with Gasteiger partial charge in [0.2, 0.25) is 0 Å². The third-order valence-corrected chi connectivity index (χ3v) is 3.81. The fourth-order valence-corrected chi connectivity index (χ4v) is 2.45. The summed E-state index contributed by atoms with van der Waals surface area (Å²) in [5.74, 6) is -0.168. The highest BCUT2D eigenvalue weighted by molar-refractivity contribution is 7.11. The maximum atomic E-state index is 11.7. The molecular weight excluding hydrogens is 270 g/mol. The van der Waals surface area contributed by atoms with Gasteiger partial charge in [0, 0.05) is 10.6 Å². The quantitative estimate of drug-likeness (QED) is 0.656. The number of thiophene rings is 1. The second-order valence-electron chi connectivity index (χ2n) is 4.43. The number of amides is 1. The summed E-state index contributed by atoms with van der Waals surface area (Å²) in [6.45, 7) is 4.21. The molecule has 104 valence electrons. The van der Waals surface area contributed by atoms with Crippen LogP contribution in [0.15, 0.2) is 40.8 Å². The monoisotopic (exact) mass is 287 g/mol. The molecule has 0 radical (unpaired) electrons. The molecule has 4 nitrogen and oxygen atoms in total. The van der Waals surface area contributed by atoms with E-state index in [2.05, 4.69) is 15.8 Å². The van der Waals surface area contributed by atoms with Gasteiger partial charge in [-0.3, -0.25) is 4.79 Å². The van der Waals surface area contributed by atoms with Crippen LogP contribution >= 0.6 is 11.3 Å². The van der Waals surface area contributed by atoms with Crippen LogP contribution in [0.1, 0.15) is 16.0 Å². The number of nitrogens with one attached hydrogen (secondary N) is 2. The number of rotatable bonds is 5. The number of para-hydroxylation sites is 1. The fraction of sp³-hybridized carbons (Fsp3) is 0.200. The normalized spacial score (nSPS) is 10.7. The number of carbonyl (C=O) groups is 1. The molecule has 1 aromatic heterocycles. The number of anilines is 1. The van der Waals surface area contributed by atoms with E-state index in [4.69, 9.17) is 0 Å². The smallest absolute Gasteiger partial charge is 0.259 e. The molecule has 0 bridgehead atoms. The van der Waals surface area contributed by atoms with Gasteiger partial charge in [-0.05, 0) is 42.5 Å². The van der Waals surface area contributed by atoms with Crippen molar-refractivity contribution < 1.29 is 4.79 Å². The molecule has 1 heterocycles. The Hall–Kier alpha value is -2.14. The summed E-state index contributed by atoms with van der Waals surface area (Å²) in [5.41, 5.74) is 5.74. The minimum absolute atomic E-state index is 0.168. The Morgan fingerprint density at radius 1 is 1.25 bits per heavy atom. The molecule has 0 saturated carbocycles. The maximum Gasteiger partial charge on any atom is 0.259 e. The van der Waals surface area contributed by atoms with Gasteiger partial charge in [0.25, 0.3) is 5.91 Å². The van der Waals surface area contributed by atoms with Crippen LogP contribution in [0.3, 0.4) is 0 Å². The second-order valence-corrected chi connectivity index (χ2v) is 5.38. The first-order valence-electron chi connectivity index (χ1n) is 6.32. The molecule has 1 amide bonds. The molecule has 0 spiro atoms. The summed E-state index contributed by atoms with van der Waals surface area (Å²) in [5, 5.41) is 9.04. The van der Waals surface area contributed by atoms with Crippen LogP contribution in [-0.4, -0.2) is 18.7 Å². The predicted molar refractivity (Wildman–Crippen MR) is 84.5 cm³/mol. The molecule has 0 aliphatic carbocycles. The van der Waals surface area contributed by atoms with Crippen LogP contribution in [0.25, 0.3) is 0 Å². The van der Waals surface area contributed by atoms with E-state index < -0.39 is 0 Å². The molecule has 2 aromatic rings. The van der Waals surface area contributed by atoms with Crippen LogP contribution in [-0.2, 0) is 4.79 Å². The van der Waals surface area contributed by atoms with Gasteiger partial charge in [-0.1, -0.05) is 18.2 Å². The first kappa shape index (κ1) is 14.3. The zero-order valence-corrected chi connectivity index (χ0v) is 12.3. The maximum absolute atomic E-state index is 11.7. The Balaban J connectivity index is 1.80. The highest BCUT2D eigenvalue weighted by Crippen LogP contribution is 2.13. The van der Waals surface area contributed by atoms with Crippen LogP contribution < -0.4 is 10.7 Å². The van der Waals surface area contributed by atoms with Crippen molar-refractivity contribution in [3.63, 3.8) is 0 Å². The van der Waals surface area contributed by atoms with Crippen molar-refractivity contribution in [2.24, 2.45) is 5.10 Å². The Labute approximate surface area is 122 Å². The van der Waals surface area contributed by atoms with Crippen molar-refractivity contribution >= 4 is 29.1 Å².